The maximum atomic E-state index is 12.5. The van der Waals surface area contributed by atoms with Crippen molar-refractivity contribution in [3.63, 3.8) is 0 Å². The highest BCUT2D eigenvalue weighted by molar-refractivity contribution is 6.01. The van der Waals surface area contributed by atoms with Gasteiger partial charge in [0.1, 0.15) is 11.6 Å². The number of hydrogen-bond acceptors (Lipinski definition) is 3. The Kier molecular flexibility index (Phi) is 6.30. The standard InChI is InChI=1S/C23H25N5O/c1-4-10-28-17(2)12-20(18(28)3)13-21(14-24)23(29)26-15-19-5-7-22(8-6-19)27-11-9-25-16-27/h5-9,11-13,16H,4,10,15H2,1-3H3,(H,26,29)/b21-13+. The van der Waals surface area contributed by atoms with E-state index in [1.54, 1.807) is 18.6 Å². The zero-order valence-corrected chi connectivity index (χ0v) is 17.0. The molecule has 0 bridgehead atoms. The number of imidazole rings is 1. The first-order valence-corrected chi connectivity index (χ1v) is 9.67. The molecule has 2 aromatic heterocycles. The summed E-state index contributed by atoms with van der Waals surface area (Å²) >= 11 is 0. The lowest BCUT2D eigenvalue weighted by Gasteiger charge is -2.08. The van der Waals surface area contributed by atoms with E-state index in [9.17, 15) is 10.1 Å². The molecule has 3 aromatic rings. The maximum Gasteiger partial charge on any atom is 0.262 e. The molecular formula is C23H25N5O. The maximum absolute atomic E-state index is 12.5. The van der Waals surface area contributed by atoms with Crippen LogP contribution in [0.15, 0.2) is 54.6 Å². The zero-order valence-electron chi connectivity index (χ0n) is 17.0. The van der Waals surface area contributed by atoms with E-state index in [2.05, 4.69) is 21.8 Å². The van der Waals surface area contributed by atoms with E-state index < -0.39 is 0 Å². The van der Waals surface area contributed by atoms with E-state index >= 15 is 0 Å². The average Bonchev–Trinajstić information content (AvgIpc) is 3.35. The molecule has 0 fully saturated rings. The molecule has 0 unspecified atom stereocenters. The van der Waals surface area contributed by atoms with Crippen LogP contribution in [0.1, 0.15) is 35.9 Å². The zero-order chi connectivity index (χ0) is 20.8. The molecule has 1 N–H and O–H groups in total. The van der Waals surface area contributed by atoms with Gasteiger partial charge in [0.05, 0.1) is 6.33 Å². The van der Waals surface area contributed by atoms with Gasteiger partial charge in [-0.25, -0.2) is 4.98 Å². The normalized spacial score (nSPS) is 11.3. The van der Waals surface area contributed by atoms with Crippen molar-refractivity contribution in [2.45, 2.75) is 40.3 Å². The van der Waals surface area contributed by atoms with Crippen molar-refractivity contribution in [2.75, 3.05) is 0 Å². The number of aryl methyl sites for hydroxylation is 1. The second-order valence-corrected chi connectivity index (χ2v) is 6.97. The molecule has 29 heavy (non-hydrogen) atoms. The van der Waals surface area contributed by atoms with Crippen molar-refractivity contribution in [3.05, 3.63) is 77.1 Å². The Hall–Kier alpha value is -3.59. The summed E-state index contributed by atoms with van der Waals surface area (Å²) in [7, 11) is 0. The summed E-state index contributed by atoms with van der Waals surface area (Å²) in [5.74, 6) is -0.369. The van der Waals surface area contributed by atoms with Crippen LogP contribution in [-0.4, -0.2) is 20.0 Å². The Balaban J connectivity index is 1.68. The van der Waals surface area contributed by atoms with Crippen LogP contribution in [0.2, 0.25) is 0 Å². The summed E-state index contributed by atoms with van der Waals surface area (Å²) in [5.41, 5.74) is 5.17. The molecule has 0 aliphatic carbocycles. The highest BCUT2D eigenvalue weighted by Gasteiger charge is 2.12. The summed E-state index contributed by atoms with van der Waals surface area (Å²) in [4.78, 5) is 16.5. The summed E-state index contributed by atoms with van der Waals surface area (Å²) < 4.78 is 4.12. The largest absolute Gasteiger partial charge is 0.349 e. The van der Waals surface area contributed by atoms with E-state index in [0.29, 0.717) is 6.54 Å². The third kappa shape index (κ3) is 4.64. The van der Waals surface area contributed by atoms with Crippen molar-refractivity contribution < 1.29 is 4.79 Å². The summed E-state index contributed by atoms with van der Waals surface area (Å²) in [6.07, 6.45) is 8.04. The Morgan fingerprint density at radius 1 is 1.28 bits per heavy atom. The lowest BCUT2D eigenvalue weighted by Crippen LogP contribution is -2.24. The van der Waals surface area contributed by atoms with Crippen molar-refractivity contribution in [3.8, 4) is 11.8 Å². The van der Waals surface area contributed by atoms with Crippen molar-refractivity contribution >= 4 is 12.0 Å². The van der Waals surface area contributed by atoms with Crippen molar-refractivity contribution in [2.24, 2.45) is 0 Å². The predicted octanol–water partition coefficient (Wildman–Crippen LogP) is 3.92. The topological polar surface area (TPSA) is 75.6 Å². The van der Waals surface area contributed by atoms with Gasteiger partial charge in [-0.15, -0.1) is 0 Å². The minimum atomic E-state index is -0.369. The van der Waals surface area contributed by atoms with Gasteiger partial charge in [-0.05, 0) is 55.7 Å². The van der Waals surface area contributed by atoms with Crippen LogP contribution in [0.5, 0.6) is 0 Å². The molecule has 0 saturated heterocycles. The Morgan fingerprint density at radius 3 is 2.66 bits per heavy atom. The molecule has 1 amide bonds. The number of amides is 1. The number of carbonyl (C=O) groups is 1. The quantitative estimate of drug-likeness (QED) is 0.493. The Bertz CT molecular complexity index is 1050. The molecule has 6 heteroatoms. The Morgan fingerprint density at radius 2 is 2.03 bits per heavy atom. The first-order chi connectivity index (χ1) is 14.0. The van der Waals surface area contributed by atoms with Gasteiger partial charge >= 0.3 is 0 Å². The third-order valence-corrected chi connectivity index (χ3v) is 4.92. The number of carbonyl (C=O) groups excluding carboxylic acids is 1. The second-order valence-electron chi connectivity index (χ2n) is 6.97. The van der Waals surface area contributed by atoms with Crippen LogP contribution >= 0.6 is 0 Å². The molecule has 0 saturated carbocycles. The molecule has 148 valence electrons. The molecule has 0 radical (unpaired) electrons. The van der Waals surface area contributed by atoms with Crippen LogP contribution in [0.25, 0.3) is 11.8 Å². The van der Waals surface area contributed by atoms with E-state index in [-0.39, 0.29) is 11.5 Å². The minimum Gasteiger partial charge on any atom is -0.349 e. The predicted molar refractivity (Wildman–Crippen MR) is 113 cm³/mol. The SMILES string of the molecule is CCCn1c(C)cc(/C=C(\C#N)C(=O)NCc2ccc(-n3ccnc3)cc2)c1C. The van der Waals surface area contributed by atoms with Crippen LogP contribution in [0.4, 0.5) is 0 Å². The van der Waals surface area contributed by atoms with Gasteiger partial charge in [-0.3, -0.25) is 4.79 Å². The fraction of sp³-hybridized carbons (Fsp3) is 0.261. The van der Waals surface area contributed by atoms with Crippen LogP contribution in [-0.2, 0) is 17.9 Å². The monoisotopic (exact) mass is 387 g/mol. The van der Waals surface area contributed by atoms with Crippen LogP contribution < -0.4 is 5.32 Å². The van der Waals surface area contributed by atoms with Crippen LogP contribution in [0, 0.1) is 25.2 Å². The third-order valence-electron chi connectivity index (χ3n) is 4.92. The van der Waals surface area contributed by atoms with E-state index in [0.717, 1.165) is 41.2 Å². The van der Waals surface area contributed by atoms with Crippen molar-refractivity contribution in [1.82, 2.24) is 19.4 Å². The molecule has 0 aliphatic rings. The van der Waals surface area contributed by atoms with E-state index in [1.807, 2.05) is 61.0 Å². The van der Waals surface area contributed by atoms with Gasteiger partial charge in [0, 0.05) is 42.6 Å². The van der Waals surface area contributed by atoms with Gasteiger partial charge in [0.25, 0.3) is 5.91 Å². The number of benzene rings is 1. The molecule has 0 atom stereocenters. The summed E-state index contributed by atoms with van der Waals surface area (Å²) in [5, 5.41) is 12.3. The van der Waals surface area contributed by atoms with Gasteiger partial charge in [0.2, 0.25) is 0 Å². The lowest BCUT2D eigenvalue weighted by molar-refractivity contribution is -0.117. The summed E-state index contributed by atoms with van der Waals surface area (Å²) in [6, 6.07) is 11.9. The average molecular weight is 387 g/mol. The van der Waals surface area contributed by atoms with Crippen molar-refractivity contribution in [1.29, 1.82) is 5.26 Å². The second kappa shape index (κ2) is 9.07. The van der Waals surface area contributed by atoms with Gasteiger partial charge < -0.3 is 14.5 Å². The van der Waals surface area contributed by atoms with E-state index in [4.69, 9.17) is 0 Å². The number of nitriles is 1. The van der Waals surface area contributed by atoms with Crippen LogP contribution in [0.3, 0.4) is 0 Å². The number of nitrogens with zero attached hydrogens (tertiary/aromatic N) is 4. The fourth-order valence-corrected chi connectivity index (χ4v) is 3.32. The number of hydrogen-bond donors (Lipinski definition) is 1. The molecule has 6 nitrogen and oxygen atoms in total. The molecule has 2 heterocycles. The highest BCUT2D eigenvalue weighted by atomic mass is 16.1. The molecular weight excluding hydrogens is 362 g/mol. The highest BCUT2D eigenvalue weighted by Crippen LogP contribution is 2.19. The van der Waals surface area contributed by atoms with E-state index in [1.165, 1.54) is 0 Å². The van der Waals surface area contributed by atoms with Gasteiger partial charge in [0.15, 0.2) is 0 Å². The first-order valence-electron chi connectivity index (χ1n) is 9.67. The first kappa shape index (κ1) is 20.2. The van der Waals surface area contributed by atoms with Gasteiger partial charge in [-0.1, -0.05) is 19.1 Å². The molecule has 0 spiro atoms. The molecule has 1 aromatic carbocycles. The fourth-order valence-electron chi connectivity index (χ4n) is 3.32. The van der Waals surface area contributed by atoms with Gasteiger partial charge in [-0.2, -0.15) is 5.26 Å². The summed E-state index contributed by atoms with van der Waals surface area (Å²) in [6.45, 7) is 7.47. The molecule has 0 aliphatic heterocycles. The number of nitrogens with one attached hydrogen (secondary N) is 1. The number of rotatable bonds is 7. The lowest BCUT2D eigenvalue weighted by atomic mass is 10.1. The smallest absolute Gasteiger partial charge is 0.262 e. The minimum absolute atomic E-state index is 0.108. The Labute approximate surface area is 171 Å². The molecule has 3 rings (SSSR count). The number of aromatic nitrogens is 3.